The standard InChI is InChI=1S/C22H31NO/c24-22(13-17-7-3-1-4-8-17)19-14-20-11-12-21(15-19)23(20)16-18-9-5-2-6-10-18/h2,5-6,9-10,17,19-21H,1,3-4,7-8,11-16H2. The van der Waals surface area contributed by atoms with Crippen LogP contribution in [0, 0.1) is 11.8 Å². The first kappa shape index (κ1) is 16.3. The molecule has 2 unspecified atom stereocenters. The Bertz CT molecular complexity index is 534. The lowest BCUT2D eigenvalue weighted by Crippen LogP contribution is -2.44. The van der Waals surface area contributed by atoms with Gasteiger partial charge < -0.3 is 0 Å². The summed E-state index contributed by atoms with van der Waals surface area (Å²) in [6.07, 6.45) is 12.4. The number of nitrogens with zero attached hydrogens (tertiary/aromatic N) is 1. The van der Waals surface area contributed by atoms with Crippen molar-refractivity contribution in [1.82, 2.24) is 4.90 Å². The van der Waals surface area contributed by atoms with Crippen molar-refractivity contribution in [2.45, 2.75) is 82.8 Å². The van der Waals surface area contributed by atoms with Gasteiger partial charge in [-0.05, 0) is 37.2 Å². The van der Waals surface area contributed by atoms with E-state index >= 15 is 0 Å². The molecule has 2 aliphatic heterocycles. The smallest absolute Gasteiger partial charge is 0.136 e. The molecule has 1 aliphatic carbocycles. The highest BCUT2D eigenvalue weighted by Crippen LogP contribution is 2.41. The van der Waals surface area contributed by atoms with Crippen molar-refractivity contribution in [3.05, 3.63) is 35.9 Å². The van der Waals surface area contributed by atoms with Gasteiger partial charge in [-0.1, -0.05) is 62.4 Å². The van der Waals surface area contributed by atoms with Crippen LogP contribution in [0.3, 0.4) is 0 Å². The lowest BCUT2D eigenvalue weighted by atomic mass is 9.80. The predicted octanol–water partition coefficient (Wildman–Crippen LogP) is 4.97. The third kappa shape index (κ3) is 3.59. The molecule has 2 nitrogen and oxygen atoms in total. The zero-order valence-electron chi connectivity index (χ0n) is 14.8. The van der Waals surface area contributed by atoms with Crippen molar-refractivity contribution in [3.63, 3.8) is 0 Å². The van der Waals surface area contributed by atoms with E-state index < -0.39 is 0 Å². The van der Waals surface area contributed by atoms with Crippen LogP contribution in [0.1, 0.15) is 69.8 Å². The van der Waals surface area contributed by atoms with Crippen LogP contribution in [-0.4, -0.2) is 22.8 Å². The average molecular weight is 325 g/mol. The molecule has 0 radical (unpaired) electrons. The third-order valence-corrected chi connectivity index (χ3v) is 6.76. The van der Waals surface area contributed by atoms with Crippen LogP contribution in [0.4, 0.5) is 0 Å². The molecule has 2 heteroatoms. The van der Waals surface area contributed by atoms with Crippen LogP contribution >= 0.6 is 0 Å². The molecule has 1 aromatic carbocycles. The number of rotatable bonds is 5. The maximum atomic E-state index is 12.8. The van der Waals surface area contributed by atoms with Crippen molar-refractivity contribution in [1.29, 1.82) is 0 Å². The zero-order valence-corrected chi connectivity index (χ0v) is 14.8. The minimum Gasteiger partial charge on any atom is -0.299 e. The van der Waals surface area contributed by atoms with E-state index in [1.807, 2.05) is 0 Å². The van der Waals surface area contributed by atoms with Crippen molar-refractivity contribution in [3.8, 4) is 0 Å². The monoisotopic (exact) mass is 325 g/mol. The van der Waals surface area contributed by atoms with Crippen molar-refractivity contribution >= 4 is 5.78 Å². The average Bonchev–Trinajstić information content (AvgIpc) is 2.84. The summed E-state index contributed by atoms with van der Waals surface area (Å²) in [4.78, 5) is 15.5. The van der Waals surface area contributed by atoms with Crippen LogP contribution in [0.5, 0.6) is 0 Å². The molecule has 1 saturated carbocycles. The Labute approximate surface area is 146 Å². The first-order valence-corrected chi connectivity index (χ1v) is 10.1. The molecule has 2 heterocycles. The number of benzene rings is 1. The molecule has 0 spiro atoms. The molecular formula is C22H31NO. The van der Waals surface area contributed by atoms with Gasteiger partial charge in [0.2, 0.25) is 0 Å². The summed E-state index contributed by atoms with van der Waals surface area (Å²) in [7, 11) is 0. The summed E-state index contributed by atoms with van der Waals surface area (Å²) in [5.74, 6) is 1.65. The van der Waals surface area contributed by atoms with Gasteiger partial charge in [-0.3, -0.25) is 9.69 Å². The number of fused-ring (bicyclic) bond motifs is 2. The number of carbonyl (C=O) groups excluding carboxylic acids is 1. The first-order chi connectivity index (χ1) is 11.8. The number of hydrogen-bond donors (Lipinski definition) is 0. The molecule has 130 valence electrons. The molecule has 0 N–H and O–H groups in total. The fourth-order valence-corrected chi connectivity index (χ4v) is 5.43. The molecule has 0 aromatic heterocycles. The van der Waals surface area contributed by atoms with E-state index in [1.165, 1.54) is 50.5 Å². The van der Waals surface area contributed by atoms with Gasteiger partial charge in [0.1, 0.15) is 5.78 Å². The summed E-state index contributed by atoms with van der Waals surface area (Å²) >= 11 is 0. The molecule has 2 atom stereocenters. The van der Waals surface area contributed by atoms with Crippen molar-refractivity contribution in [2.24, 2.45) is 11.8 Å². The summed E-state index contributed by atoms with van der Waals surface area (Å²) in [5, 5.41) is 0. The van der Waals surface area contributed by atoms with Gasteiger partial charge in [-0.25, -0.2) is 0 Å². The van der Waals surface area contributed by atoms with Gasteiger partial charge >= 0.3 is 0 Å². The highest BCUT2D eigenvalue weighted by atomic mass is 16.1. The van der Waals surface area contributed by atoms with Crippen molar-refractivity contribution in [2.75, 3.05) is 0 Å². The number of ketones is 1. The second kappa shape index (κ2) is 7.39. The highest BCUT2D eigenvalue weighted by Gasteiger charge is 2.42. The molecule has 2 bridgehead atoms. The zero-order chi connectivity index (χ0) is 16.4. The Hall–Kier alpha value is -1.15. The minimum atomic E-state index is 0.358. The third-order valence-electron chi connectivity index (χ3n) is 6.76. The van der Waals surface area contributed by atoms with E-state index in [0.29, 0.717) is 29.7 Å². The molecule has 4 rings (SSSR count). The summed E-state index contributed by atoms with van der Waals surface area (Å²) in [6, 6.07) is 12.1. The molecule has 1 aromatic rings. The Kier molecular flexibility index (Phi) is 5.03. The van der Waals surface area contributed by atoms with Gasteiger partial charge in [-0.15, -0.1) is 0 Å². The largest absolute Gasteiger partial charge is 0.299 e. The van der Waals surface area contributed by atoms with Crippen molar-refractivity contribution < 1.29 is 4.79 Å². The second-order valence-electron chi connectivity index (χ2n) is 8.39. The topological polar surface area (TPSA) is 20.3 Å². The maximum Gasteiger partial charge on any atom is 0.136 e. The summed E-state index contributed by atoms with van der Waals surface area (Å²) in [5.41, 5.74) is 1.42. The quantitative estimate of drug-likeness (QED) is 0.762. The molecule has 3 aliphatic rings. The van der Waals surface area contributed by atoms with Crippen LogP contribution < -0.4 is 0 Å². The Morgan fingerprint density at radius 1 is 0.917 bits per heavy atom. The van der Waals surface area contributed by atoms with Gasteiger partial charge in [0.05, 0.1) is 0 Å². The molecule has 0 amide bonds. The van der Waals surface area contributed by atoms with Crippen LogP contribution in [0.2, 0.25) is 0 Å². The maximum absolute atomic E-state index is 12.8. The number of piperidine rings is 1. The SMILES string of the molecule is O=C(CC1CCCCC1)C1CC2CCC(C1)N2Cc1ccccc1. The lowest BCUT2D eigenvalue weighted by Gasteiger charge is -2.39. The second-order valence-corrected chi connectivity index (χ2v) is 8.39. The fourth-order valence-electron chi connectivity index (χ4n) is 5.43. The minimum absolute atomic E-state index is 0.358. The van der Waals surface area contributed by atoms with Crippen LogP contribution in [0.15, 0.2) is 30.3 Å². The Morgan fingerprint density at radius 3 is 2.25 bits per heavy atom. The molecular weight excluding hydrogens is 294 g/mol. The number of hydrogen-bond acceptors (Lipinski definition) is 2. The van der Waals surface area contributed by atoms with Gasteiger partial charge in [0, 0.05) is 31.0 Å². The summed E-state index contributed by atoms with van der Waals surface area (Å²) in [6.45, 7) is 1.07. The number of Topliss-reactive ketones (excluding diaryl/α,β-unsaturated/α-hetero) is 1. The molecule has 3 fully saturated rings. The van der Waals surface area contributed by atoms with E-state index in [-0.39, 0.29) is 0 Å². The van der Waals surface area contributed by atoms with Gasteiger partial charge in [-0.2, -0.15) is 0 Å². The van der Waals surface area contributed by atoms with E-state index in [9.17, 15) is 4.79 Å². The van der Waals surface area contributed by atoms with Crippen LogP contribution in [0.25, 0.3) is 0 Å². The predicted molar refractivity (Wildman–Crippen MR) is 97.7 cm³/mol. The van der Waals surface area contributed by atoms with Gasteiger partial charge in [0.25, 0.3) is 0 Å². The van der Waals surface area contributed by atoms with Crippen LogP contribution in [-0.2, 0) is 11.3 Å². The summed E-state index contributed by atoms with van der Waals surface area (Å²) < 4.78 is 0. The van der Waals surface area contributed by atoms with Gasteiger partial charge in [0.15, 0.2) is 0 Å². The fraction of sp³-hybridized carbons (Fsp3) is 0.682. The van der Waals surface area contributed by atoms with E-state index in [1.54, 1.807) is 0 Å². The lowest BCUT2D eigenvalue weighted by molar-refractivity contribution is -0.126. The number of carbonyl (C=O) groups is 1. The van der Waals surface area contributed by atoms with E-state index in [4.69, 9.17) is 0 Å². The highest BCUT2D eigenvalue weighted by molar-refractivity contribution is 5.81. The normalized spacial score (nSPS) is 31.2. The molecule has 24 heavy (non-hydrogen) atoms. The Balaban J connectivity index is 1.34. The first-order valence-electron chi connectivity index (χ1n) is 10.1. The Morgan fingerprint density at radius 2 is 1.58 bits per heavy atom. The van der Waals surface area contributed by atoms with E-state index in [2.05, 4.69) is 35.2 Å². The molecule has 2 saturated heterocycles. The van der Waals surface area contributed by atoms with E-state index in [0.717, 1.165) is 25.8 Å².